The Balaban J connectivity index is 2.49. The van der Waals surface area contributed by atoms with Crippen molar-refractivity contribution in [2.75, 3.05) is 11.9 Å². The third-order valence-electron chi connectivity index (χ3n) is 1.96. The van der Waals surface area contributed by atoms with Gasteiger partial charge in [-0.25, -0.2) is 4.98 Å². The Labute approximate surface area is 69.2 Å². The number of aromatic hydroxyl groups is 1. The number of hydrogen-bond donors (Lipinski definition) is 2. The van der Waals surface area contributed by atoms with Crippen molar-refractivity contribution in [2.45, 2.75) is 5.92 Å². The molecule has 1 aliphatic rings. The Morgan fingerprint density at radius 2 is 2.58 bits per heavy atom. The molecule has 0 spiro atoms. The van der Waals surface area contributed by atoms with Crippen molar-refractivity contribution in [1.82, 2.24) is 4.98 Å². The van der Waals surface area contributed by atoms with Crippen molar-refractivity contribution >= 4 is 12.1 Å². The number of nitrogens with zero attached hydrogens (tertiary/aromatic N) is 1. The van der Waals surface area contributed by atoms with Crippen LogP contribution in [0, 0.1) is 0 Å². The zero-order valence-electron chi connectivity index (χ0n) is 6.32. The molecular formula is C8H8N2O2. The lowest BCUT2D eigenvalue weighted by atomic mass is 10.1. The summed E-state index contributed by atoms with van der Waals surface area (Å²) < 4.78 is 0. The van der Waals surface area contributed by atoms with Gasteiger partial charge in [0.25, 0.3) is 0 Å². The van der Waals surface area contributed by atoms with E-state index in [4.69, 9.17) is 5.11 Å². The highest BCUT2D eigenvalue weighted by Crippen LogP contribution is 2.30. The first-order valence-corrected chi connectivity index (χ1v) is 3.69. The maximum atomic E-state index is 10.5. The Bertz CT molecular complexity index is 325. The minimum absolute atomic E-state index is 0.101. The van der Waals surface area contributed by atoms with Gasteiger partial charge in [0.15, 0.2) is 0 Å². The molecule has 0 aromatic carbocycles. The monoisotopic (exact) mass is 164 g/mol. The molecule has 0 saturated heterocycles. The molecule has 0 radical (unpaired) electrons. The van der Waals surface area contributed by atoms with Crippen molar-refractivity contribution in [3.63, 3.8) is 0 Å². The molecule has 0 fully saturated rings. The van der Waals surface area contributed by atoms with Crippen LogP contribution in [0.2, 0.25) is 0 Å². The minimum atomic E-state index is -0.167. The molecule has 1 aromatic rings. The second-order valence-corrected chi connectivity index (χ2v) is 2.75. The molecule has 12 heavy (non-hydrogen) atoms. The van der Waals surface area contributed by atoms with Gasteiger partial charge in [-0.05, 0) is 6.07 Å². The van der Waals surface area contributed by atoms with Crippen LogP contribution in [-0.2, 0) is 4.79 Å². The van der Waals surface area contributed by atoms with Crippen LogP contribution in [0.25, 0.3) is 0 Å². The van der Waals surface area contributed by atoms with Gasteiger partial charge < -0.3 is 15.2 Å². The maximum absolute atomic E-state index is 10.5. The van der Waals surface area contributed by atoms with Gasteiger partial charge in [-0.2, -0.15) is 0 Å². The van der Waals surface area contributed by atoms with Crippen molar-refractivity contribution in [2.24, 2.45) is 0 Å². The number of anilines is 1. The van der Waals surface area contributed by atoms with E-state index in [0.717, 1.165) is 11.8 Å². The first-order chi connectivity index (χ1) is 5.81. The summed E-state index contributed by atoms with van der Waals surface area (Å²) in [5.41, 5.74) is 0.782. The molecule has 0 amide bonds. The van der Waals surface area contributed by atoms with E-state index in [1.165, 1.54) is 6.20 Å². The fraction of sp³-hybridized carbons (Fsp3) is 0.250. The van der Waals surface area contributed by atoms with E-state index in [-0.39, 0.29) is 11.7 Å². The quantitative estimate of drug-likeness (QED) is 0.593. The van der Waals surface area contributed by atoms with Crippen LogP contribution in [0.4, 0.5) is 5.82 Å². The van der Waals surface area contributed by atoms with Crippen LogP contribution in [-0.4, -0.2) is 22.9 Å². The molecule has 62 valence electrons. The van der Waals surface area contributed by atoms with E-state index < -0.39 is 0 Å². The number of aromatic nitrogens is 1. The summed E-state index contributed by atoms with van der Waals surface area (Å²) in [7, 11) is 0. The number of fused-ring (bicyclic) bond motifs is 1. The van der Waals surface area contributed by atoms with Crippen molar-refractivity contribution in [1.29, 1.82) is 0 Å². The molecule has 1 aliphatic heterocycles. The number of aldehydes is 1. The average Bonchev–Trinajstić information content (AvgIpc) is 2.46. The highest BCUT2D eigenvalue weighted by molar-refractivity contribution is 5.71. The lowest BCUT2D eigenvalue weighted by Gasteiger charge is -1.99. The molecule has 0 bridgehead atoms. The van der Waals surface area contributed by atoms with Crippen LogP contribution in [0.3, 0.4) is 0 Å². The Hall–Kier alpha value is -1.58. The van der Waals surface area contributed by atoms with Crippen molar-refractivity contribution < 1.29 is 9.90 Å². The summed E-state index contributed by atoms with van der Waals surface area (Å²) in [5.74, 6) is 0.633. The third kappa shape index (κ3) is 0.922. The van der Waals surface area contributed by atoms with E-state index in [2.05, 4.69) is 10.3 Å². The summed E-state index contributed by atoms with van der Waals surface area (Å²) in [5, 5.41) is 12.1. The molecule has 2 N–H and O–H groups in total. The van der Waals surface area contributed by atoms with Gasteiger partial charge in [0, 0.05) is 12.1 Å². The molecule has 1 aromatic heterocycles. The average molecular weight is 164 g/mol. The van der Waals surface area contributed by atoms with Crippen molar-refractivity contribution in [3.05, 3.63) is 17.8 Å². The predicted octanol–water partition coefficient (Wildman–Crippen LogP) is 0.495. The Kier molecular flexibility index (Phi) is 1.46. The Morgan fingerprint density at radius 3 is 3.33 bits per heavy atom. The number of carbonyl (C=O) groups is 1. The van der Waals surface area contributed by atoms with Gasteiger partial charge in [0.05, 0.1) is 12.1 Å². The number of hydrogen-bond acceptors (Lipinski definition) is 4. The molecular weight excluding hydrogens is 156 g/mol. The number of pyridine rings is 1. The lowest BCUT2D eigenvalue weighted by Crippen LogP contribution is -2.02. The topological polar surface area (TPSA) is 62.2 Å². The van der Waals surface area contributed by atoms with E-state index in [0.29, 0.717) is 12.4 Å². The summed E-state index contributed by atoms with van der Waals surface area (Å²) in [6.45, 7) is 0.579. The highest BCUT2D eigenvalue weighted by atomic mass is 16.3. The zero-order valence-corrected chi connectivity index (χ0v) is 6.32. The van der Waals surface area contributed by atoms with Crippen LogP contribution >= 0.6 is 0 Å². The molecule has 4 heteroatoms. The third-order valence-corrected chi connectivity index (χ3v) is 1.96. The van der Waals surface area contributed by atoms with Gasteiger partial charge in [0.1, 0.15) is 17.9 Å². The largest absolute Gasteiger partial charge is 0.506 e. The molecule has 2 heterocycles. The van der Waals surface area contributed by atoms with Crippen LogP contribution in [0.5, 0.6) is 5.75 Å². The lowest BCUT2D eigenvalue weighted by molar-refractivity contribution is -0.108. The summed E-state index contributed by atoms with van der Waals surface area (Å²) in [6.07, 6.45) is 2.22. The fourth-order valence-electron chi connectivity index (χ4n) is 1.34. The van der Waals surface area contributed by atoms with Gasteiger partial charge in [-0.3, -0.25) is 0 Å². The second-order valence-electron chi connectivity index (χ2n) is 2.75. The Morgan fingerprint density at radius 1 is 1.75 bits per heavy atom. The summed E-state index contributed by atoms with van der Waals surface area (Å²) in [4.78, 5) is 14.5. The smallest absolute Gasteiger partial charge is 0.134 e. The molecule has 0 aliphatic carbocycles. The zero-order chi connectivity index (χ0) is 8.55. The minimum Gasteiger partial charge on any atom is -0.506 e. The molecule has 1 atom stereocenters. The van der Waals surface area contributed by atoms with Crippen molar-refractivity contribution in [3.8, 4) is 5.75 Å². The first kappa shape index (κ1) is 7.09. The highest BCUT2D eigenvalue weighted by Gasteiger charge is 2.22. The number of rotatable bonds is 1. The standard InChI is InChI=1S/C8H8N2O2/c11-4-5-2-9-8-7(5)1-6(12)3-10-8/h1,3-5,12H,2H2,(H,9,10). The van der Waals surface area contributed by atoms with Gasteiger partial charge in [-0.1, -0.05) is 0 Å². The molecule has 4 nitrogen and oxygen atoms in total. The molecule has 2 rings (SSSR count). The van der Waals surface area contributed by atoms with E-state index in [9.17, 15) is 4.79 Å². The van der Waals surface area contributed by atoms with Gasteiger partial charge >= 0.3 is 0 Å². The molecule has 0 saturated carbocycles. The van der Waals surface area contributed by atoms with Gasteiger partial charge in [-0.15, -0.1) is 0 Å². The van der Waals surface area contributed by atoms with Crippen LogP contribution < -0.4 is 5.32 Å². The van der Waals surface area contributed by atoms with E-state index in [1.807, 2.05) is 0 Å². The van der Waals surface area contributed by atoms with Crippen LogP contribution in [0.15, 0.2) is 12.3 Å². The predicted molar refractivity (Wildman–Crippen MR) is 43.2 cm³/mol. The van der Waals surface area contributed by atoms with E-state index in [1.54, 1.807) is 6.07 Å². The van der Waals surface area contributed by atoms with E-state index >= 15 is 0 Å². The summed E-state index contributed by atoms with van der Waals surface area (Å²) >= 11 is 0. The fourth-order valence-corrected chi connectivity index (χ4v) is 1.34. The summed E-state index contributed by atoms with van der Waals surface area (Å²) in [6, 6.07) is 1.57. The normalized spacial score (nSPS) is 19.8. The van der Waals surface area contributed by atoms with Crippen LogP contribution in [0.1, 0.15) is 11.5 Å². The second kappa shape index (κ2) is 2.48. The first-order valence-electron chi connectivity index (χ1n) is 3.69. The SMILES string of the molecule is O=CC1CNc2ncc(O)cc21. The molecule has 1 unspecified atom stereocenters. The van der Waals surface area contributed by atoms with Gasteiger partial charge in [0.2, 0.25) is 0 Å². The number of nitrogens with one attached hydrogen (secondary N) is 1. The maximum Gasteiger partial charge on any atom is 0.134 e. The number of carbonyl (C=O) groups excluding carboxylic acids is 1.